The highest BCUT2D eigenvalue weighted by Crippen LogP contribution is 2.35. The maximum atomic E-state index is 5.60. The van der Waals surface area contributed by atoms with Crippen LogP contribution in [-0.4, -0.2) is 15.1 Å². The maximum Gasteiger partial charge on any atom is 0.175 e. The van der Waals surface area contributed by atoms with Crippen LogP contribution in [0.4, 0.5) is 0 Å². The third-order valence-electron chi connectivity index (χ3n) is 3.46. The summed E-state index contributed by atoms with van der Waals surface area (Å²) in [5.41, 5.74) is 4.80. The molecule has 0 spiro atoms. The third kappa shape index (κ3) is 1.94. The van der Waals surface area contributed by atoms with Crippen molar-refractivity contribution in [2.45, 2.75) is 6.92 Å². The lowest BCUT2D eigenvalue weighted by atomic mass is 10.0. The molecule has 0 aliphatic rings. The third-order valence-corrected chi connectivity index (χ3v) is 4.24. The Morgan fingerprint density at radius 2 is 2.05 bits per heavy atom. The van der Waals surface area contributed by atoms with Crippen LogP contribution in [0.25, 0.3) is 32.8 Å². The zero-order valence-electron chi connectivity index (χ0n) is 11.3. The molecule has 4 aromatic rings. The summed E-state index contributed by atoms with van der Waals surface area (Å²) >= 11 is 1.55. The van der Waals surface area contributed by atoms with Crippen LogP contribution in [0.2, 0.25) is 0 Å². The molecule has 5 heteroatoms. The van der Waals surface area contributed by atoms with Gasteiger partial charge in [0.2, 0.25) is 0 Å². The molecule has 0 aliphatic carbocycles. The van der Waals surface area contributed by atoms with Gasteiger partial charge in [-0.05, 0) is 24.6 Å². The Kier molecular flexibility index (Phi) is 2.79. The van der Waals surface area contributed by atoms with E-state index in [4.69, 9.17) is 4.52 Å². The van der Waals surface area contributed by atoms with Gasteiger partial charge in [0.05, 0.1) is 5.39 Å². The average molecular weight is 293 g/mol. The van der Waals surface area contributed by atoms with Gasteiger partial charge in [-0.2, -0.15) is 0 Å². The maximum absolute atomic E-state index is 5.60. The molecule has 0 unspecified atom stereocenters. The molecule has 0 N–H and O–H groups in total. The number of aryl methyl sites for hydroxylation is 1. The number of thiazole rings is 1. The molecule has 0 saturated carbocycles. The van der Waals surface area contributed by atoms with Crippen molar-refractivity contribution in [1.82, 2.24) is 15.1 Å². The van der Waals surface area contributed by atoms with E-state index in [0.29, 0.717) is 0 Å². The lowest BCUT2D eigenvalue weighted by Gasteiger charge is -2.04. The molecule has 3 aromatic heterocycles. The number of nitrogens with zero attached hydrogens (tertiary/aromatic N) is 3. The number of benzene rings is 1. The van der Waals surface area contributed by atoms with Gasteiger partial charge in [-0.15, -0.1) is 11.3 Å². The largest absolute Gasteiger partial charge is 0.355 e. The standard InChI is InChI=1S/C16H11N3OS/c1-10-5-6-17-9-13(10)11-3-2-4-12-14(19-20-15(11)12)16-18-7-8-21-16/h2-9H,1H3. The summed E-state index contributed by atoms with van der Waals surface area (Å²) in [5.74, 6) is 0. The Hall–Kier alpha value is -2.53. The topological polar surface area (TPSA) is 51.8 Å². The van der Waals surface area contributed by atoms with Gasteiger partial charge in [-0.3, -0.25) is 4.98 Å². The van der Waals surface area contributed by atoms with Gasteiger partial charge >= 0.3 is 0 Å². The number of para-hydroxylation sites is 1. The summed E-state index contributed by atoms with van der Waals surface area (Å²) in [7, 11) is 0. The first-order valence-corrected chi connectivity index (χ1v) is 7.42. The van der Waals surface area contributed by atoms with E-state index in [0.717, 1.165) is 38.4 Å². The molecular weight excluding hydrogens is 282 g/mol. The molecule has 1 aromatic carbocycles. The van der Waals surface area contributed by atoms with E-state index in [-0.39, 0.29) is 0 Å². The molecule has 0 atom stereocenters. The Labute approximate surface area is 125 Å². The number of fused-ring (bicyclic) bond motifs is 1. The van der Waals surface area contributed by atoms with Crippen LogP contribution in [-0.2, 0) is 0 Å². The molecular formula is C16H11N3OS. The van der Waals surface area contributed by atoms with Crippen LogP contribution in [0.1, 0.15) is 5.56 Å². The molecule has 0 aliphatic heterocycles. The second-order valence-electron chi connectivity index (χ2n) is 4.74. The first-order chi connectivity index (χ1) is 10.3. The summed E-state index contributed by atoms with van der Waals surface area (Å²) in [6, 6.07) is 8.05. The van der Waals surface area contributed by atoms with Crippen molar-refractivity contribution in [3.8, 4) is 21.8 Å². The van der Waals surface area contributed by atoms with Crippen LogP contribution >= 0.6 is 11.3 Å². The van der Waals surface area contributed by atoms with E-state index < -0.39 is 0 Å². The fourth-order valence-corrected chi connectivity index (χ4v) is 3.05. The van der Waals surface area contributed by atoms with Crippen LogP contribution in [0, 0.1) is 6.92 Å². The van der Waals surface area contributed by atoms with Crippen molar-refractivity contribution in [2.24, 2.45) is 0 Å². The van der Waals surface area contributed by atoms with Crippen molar-refractivity contribution >= 4 is 22.3 Å². The molecule has 21 heavy (non-hydrogen) atoms. The highest BCUT2D eigenvalue weighted by atomic mass is 32.1. The minimum atomic E-state index is 0.777. The predicted octanol–water partition coefficient (Wildman–Crippen LogP) is 4.32. The summed E-state index contributed by atoms with van der Waals surface area (Å²) in [5, 5.41) is 7.99. The Morgan fingerprint density at radius 1 is 1.10 bits per heavy atom. The normalized spacial score (nSPS) is 11.1. The number of aromatic nitrogens is 3. The summed E-state index contributed by atoms with van der Waals surface area (Å²) < 4.78 is 5.60. The minimum Gasteiger partial charge on any atom is -0.355 e. The zero-order valence-corrected chi connectivity index (χ0v) is 12.1. The van der Waals surface area contributed by atoms with E-state index in [2.05, 4.69) is 22.0 Å². The van der Waals surface area contributed by atoms with Gasteiger partial charge in [-0.25, -0.2) is 4.98 Å². The van der Waals surface area contributed by atoms with Gasteiger partial charge in [0.15, 0.2) is 5.58 Å². The smallest absolute Gasteiger partial charge is 0.175 e. The molecule has 102 valence electrons. The molecule has 3 heterocycles. The highest BCUT2D eigenvalue weighted by Gasteiger charge is 2.16. The van der Waals surface area contributed by atoms with Gasteiger partial charge in [0.1, 0.15) is 10.7 Å². The lowest BCUT2D eigenvalue weighted by molar-refractivity contribution is 0.460. The number of pyridine rings is 1. The van der Waals surface area contributed by atoms with E-state index in [9.17, 15) is 0 Å². The molecule has 0 radical (unpaired) electrons. The number of rotatable bonds is 2. The molecule has 4 nitrogen and oxygen atoms in total. The molecule has 0 bridgehead atoms. The van der Waals surface area contributed by atoms with Crippen molar-refractivity contribution in [3.05, 3.63) is 53.8 Å². The van der Waals surface area contributed by atoms with Gasteiger partial charge < -0.3 is 4.52 Å². The highest BCUT2D eigenvalue weighted by molar-refractivity contribution is 7.13. The first kappa shape index (κ1) is 12.2. The van der Waals surface area contributed by atoms with Gasteiger partial charge in [0.25, 0.3) is 0 Å². The predicted molar refractivity (Wildman–Crippen MR) is 83.1 cm³/mol. The fourth-order valence-electron chi connectivity index (χ4n) is 2.42. The SMILES string of the molecule is Cc1ccncc1-c1cccc2c(-c3nccs3)noc12. The monoisotopic (exact) mass is 293 g/mol. The first-order valence-electron chi connectivity index (χ1n) is 6.54. The molecule has 4 rings (SSSR count). The average Bonchev–Trinajstić information content (AvgIpc) is 3.16. The van der Waals surface area contributed by atoms with E-state index in [1.165, 1.54) is 0 Å². The number of hydrogen-bond donors (Lipinski definition) is 0. The second kappa shape index (κ2) is 4.79. The lowest BCUT2D eigenvalue weighted by Crippen LogP contribution is -1.85. The van der Waals surface area contributed by atoms with Crippen LogP contribution in [0.5, 0.6) is 0 Å². The van der Waals surface area contributed by atoms with E-state index >= 15 is 0 Å². The van der Waals surface area contributed by atoms with Gasteiger partial charge in [0, 0.05) is 35.1 Å². The van der Waals surface area contributed by atoms with Gasteiger partial charge in [-0.1, -0.05) is 17.3 Å². The molecule has 0 fully saturated rings. The number of hydrogen-bond acceptors (Lipinski definition) is 5. The minimum absolute atomic E-state index is 0.777. The quantitative estimate of drug-likeness (QED) is 0.552. The Morgan fingerprint density at radius 3 is 2.86 bits per heavy atom. The van der Waals surface area contributed by atoms with E-state index in [1.807, 2.05) is 35.8 Å². The van der Waals surface area contributed by atoms with Crippen molar-refractivity contribution in [3.63, 3.8) is 0 Å². The fraction of sp³-hybridized carbons (Fsp3) is 0.0625. The van der Waals surface area contributed by atoms with E-state index in [1.54, 1.807) is 23.7 Å². The summed E-state index contributed by atoms with van der Waals surface area (Å²) in [6.45, 7) is 2.06. The second-order valence-corrected chi connectivity index (χ2v) is 5.64. The molecule has 0 amide bonds. The van der Waals surface area contributed by atoms with Crippen molar-refractivity contribution in [2.75, 3.05) is 0 Å². The summed E-state index contributed by atoms with van der Waals surface area (Å²) in [4.78, 5) is 8.53. The Bertz CT molecular complexity index is 912. The van der Waals surface area contributed by atoms with Crippen molar-refractivity contribution < 1.29 is 4.52 Å². The van der Waals surface area contributed by atoms with Crippen LogP contribution < -0.4 is 0 Å². The van der Waals surface area contributed by atoms with Crippen molar-refractivity contribution in [1.29, 1.82) is 0 Å². The zero-order chi connectivity index (χ0) is 14.2. The van der Waals surface area contributed by atoms with Crippen LogP contribution in [0.15, 0.2) is 52.8 Å². The van der Waals surface area contributed by atoms with Crippen LogP contribution in [0.3, 0.4) is 0 Å². The Balaban J connectivity index is 1.99. The molecule has 0 saturated heterocycles. The summed E-state index contributed by atoms with van der Waals surface area (Å²) in [6.07, 6.45) is 5.42.